The van der Waals surface area contributed by atoms with E-state index in [2.05, 4.69) is 32.7 Å². The van der Waals surface area contributed by atoms with Gasteiger partial charge in [0, 0.05) is 18.5 Å². The summed E-state index contributed by atoms with van der Waals surface area (Å²) >= 11 is 12.5. The van der Waals surface area contributed by atoms with Crippen LogP contribution in [0.3, 0.4) is 0 Å². The van der Waals surface area contributed by atoms with Crippen LogP contribution in [0.25, 0.3) is 0 Å². The van der Waals surface area contributed by atoms with Gasteiger partial charge in [-0.2, -0.15) is 0 Å². The number of nitrogens with zero attached hydrogens (tertiary/aromatic N) is 1. The van der Waals surface area contributed by atoms with E-state index in [1.807, 2.05) is 0 Å². The molecule has 78 valence electrons. The zero-order chi connectivity index (χ0) is 10.2. The minimum absolute atomic E-state index is 0.357. The first kappa shape index (κ1) is 11.6. The molecule has 0 radical (unpaired) electrons. The summed E-state index contributed by atoms with van der Waals surface area (Å²) in [5.41, 5.74) is 0. The normalized spacial score (nSPS) is 35.3. The standard InChI is InChI=1S/C10H19Cl2N/c1-7(2)9-5-10(11,12)8(3)6-13(9)4/h7-9H,5-6H2,1-4H3/t8-,9+/m1/s1. The van der Waals surface area contributed by atoms with E-state index >= 15 is 0 Å². The summed E-state index contributed by atoms with van der Waals surface area (Å²) in [4.78, 5) is 2.37. The lowest BCUT2D eigenvalue weighted by atomic mass is 9.88. The van der Waals surface area contributed by atoms with Crippen LogP contribution in [0.4, 0.5) is 0 Å². The van der Waals surface area contributed by atoms with Crippen LogP contribution in [0.1, 0.15) is 27.2 Å². The summed E-state index contributed by atoms with van der Waals surface area (Å²) in [7, 11) is 2.16. The fourth-order valence-corrected chi connectivity index (χ4v) is 2.54. The van der Waals surface area contributed by atoms with Crippen LogP contribution in [0.15, 0.2) is 0 Å². The van der Waals surface area contributed by atoms with Crippen molar-refractivity contribution in [2.45, 2.75) is 37.6 Å². The van der Waals surface area contributed by atoms with Crippen molar-refractivity contribution in [2.24, 2.45) is 11.8 Å². The highest BCUT2D eigenvalue weighted by atomic mass is 35.5. The van der Waals surface area contributed by atoms with Crippen LogP contribution in [-0.4, -0.2) is 28.9 Å². The minimum Gasteiger partial charge on any atom is -0.303 e. The van der Waals surface area contributed by atoms with E-state index < -0.39 is 4.33 Å². The van der Waals surface area contributed by atoms with Crippen LogP contribution in [0, 0.1) is 11.8 Å². The Morgan fingerprint density at radius 3 is 2.38 bits per heavy atom. The van der Waals surface area contributed by atoms with E-state index in [1.54, 1.807) is 0 Å². The van der Waals surface area contributed by atoms with Gasteiger partial charge in [0.15, 0.2) is 0 Å². The highest BCUT2D eigenvalue weighted by Gasteiger charge is 2.41. The quantitative estimate of drug-likeness (QED) is 0.618. The molecule has 3 heteroatoms. The second-order valence-electron chi connectivity index (χ2n) is 4.62. The van der Waals surface area contributed by atoms with Crippen molar-refractivity contribution in [1.29, 1.82) is 0 Å². The van der Waals surface area contributed by atoms with Gasteiger partial charge in [-0.3, -0.25) is 0 Å². The lowest BCUT2D eigenvalue weighted by Crippen LogP contribution is -2.51. The Balaban J connectivity index is 2.70. The van der Waals surface area contributed by atoms with Gasteiger partial charge >= 0.3 is 0 Å². The molecule has 0 N–H and O–H groups in total. The Kier molecular flexibility index (Phi) is 3.54. The van der Waals surface area contributed by atoms with E-state index in [0.29, 0.717) is 17.9 Å². The molecule has 0 amide bonds. The van der Waals surface area contributed by atoms with Gasteiger partial charge in [-0.15, -0.1) is 23.2 Å². The van der Waals surface area contributed by atoms with Crippen molar-refractivity contribution in [3.63, 3.8) is 0 Å². The van der Waals surface area contributed by atoms with Gasteiger partial charge < -0.3 is 4.90 Å². The second-order valence-corrected chi connectivity index (χ2v) is 6.16. The zero-order valence-electron chi connectivity index (χ0n) is 8.85. The molecule has 0 bridgehead atoms. The number of likely N-dealkylation sites (tertiary alicyclic amines) is 1. The highest BCUT2D eigenvalue weighted by molar-refractivity contribution is 6.48. The van der Waals surface area contributed by atoms with Crippen molar-refractivity contribution in [2.75, 3.05) is 13.6 Å². The van der Waals surface area contributed by atoms with E-state index in [9.17, 15) is 0 Å². The number of rotatable bonds is 1. The lowest BCUT2D eigenvalue weighted by molar-refractivity contribution is 0.104. The maximum absolute atomic E-state index is 6.27. The fraction of sp³-hybridized carbons (Fsp3) is 1.00. The molecule has 0 aromatic heterocycles. The maximum atomic E-state index is 6.27. The Bertz CT molecular complexity index is 180. The summed E-state index contributed by atoms with van der Waals surface area (Å²) in [5, 5.41) is 0. The third-order valence-electron chi connectivity index (χ3n) is 3.10. The van der Waals surface area contributed by atoms with Crippen LogP contribution >= 0.6 is 23.2 Å². The molecule has 1 fully saturated rings. The number of piperidine rings is 1. The summed E-state index contributed by atoms with van der Waals surface area (Å²) in [6, 6.07) is 0.520. The second kappa shape index (κ2) is 3.96. The maximum Gasteiger partial charge on any atom is 0.123 e. The van der Waals surface area contributed by atoms with Crippen molar-refractivity contribution in [3.8, 4) is 0 Å². The van der Waals surface area contributed by atoms with Gasteiger partial charge in [-0.1, -0.05) is 20.8 Å². The Hall–Kier alpha value is 0.540. The molecule has 0 spiro atoms. The van der Waals surface area contributed by atoms with E-state index in [1.165, 1.54) is 0 Å². The molecule has 0 aromatic rings. The molecule has 1 aliphatic rings. The number of hydrogen-bond donors (Lipinski definition) is 0. The zero-order valence-corrected chi connectivity index (χ0v) is 10.4. The molecular formula is C10H19Cl2N. The molecule has 0 aliphatic carbocycles. The van der Waals surface area contributed by atoms with E-state index in [4.69, 9.17) is 23.2 Å². The van der Waals surface area contributed by atoms with Gasteiger partial charge in [0.1, 0.15) is 4.33 Å². The molecule has 1 rings (SSSR count). The van der Waals surface area contributed by atoms with Crippen LogP contribution in [0.2, 0.25) is 0 Å². The van der Waals surface area contributed by atoms with Crippen LogP contribution < -0.4 is 0 Å². The van der Waals surface area contributed by atoms with Crippen LogP contribution in [0.5, 0.6) is 0 Å². The van der Waals surface area contributed by atoms with Gasteiger partial charge in [0.2, 0.25) is 0 Å². The van der Waals surface area contributed by atoms with Crippen molar-refractivity contribution in [1.82, 2.24) is 4.90 Å². The minimum atomic E-state index is -0.526. The predicted octanol–water partition coefficient (Wildman–Crippen LogP) is 3.16. The van der Waals surface area contributed by atoms with Gasteiger partial charge in [0.05, 0.1) is 0 Å². The lowest BCUT2D eigenvalue weighted by Gasteiger charge is -2.44. The third-order valence-corrected chi connectivity index (χ3v) is 4.15. The third kappa shape index (κ3) is 2.51. The highest BCUT2D eigenvalue weighted by Crippen LogP contribution is 2.41. The first-order valence-corrected chi connectivity index (χ1v) is 5.68. The Labute approximate surface area is 91.4 Å². The van der Waals surface area contributed by atoms with Crippen molar-refractivity contribution < 1.29 is 0 Å². The molecule has 13 heavy (non-hydrogen) atoms. The molecule has 0 aromatic carbocycles. The molecule has 1 heterocycles. The monoisotopic (exact) mass is 223 g/mol. The molecule has 0 saturated carbocycles. The van der Waals surface area contributed by atoms with Gasteiger partial charge in [-0.25, -0.2) is 0 Å². The fourth-order valence-electron chi connectivity index (χ4n) is 2.08. The summed E-state index contributed by atoms with van der Waals surface area (Å²) in [5.74, 6) is 0.977. The van der Waals surface area contributed by atoms with E-state index in [0.717, 1.165) is 13.0 Å². The Morgan fingerprint density at radius 2 is 1.92 bits per heavy atom. The van der Waals surface area contributed by atoms with Crippen molar-refractivity contribution in [3.05, 3.63) is 0 Å². The Morgan fingerprint density at radius 1 is 1.38 bits per heavy atom. The SMILES string of the molecule is CC(C)[C@@H]1CC(Cl)(Cl)[C@H](C)CN1C. The molecule has 1 saturated heterocycles. The number of halogens is 2. The molecule has 1 nitrogen and oxygen atoms in total. The molecule has 2 atom stereocenters. The number of hydrogen-bond acceptors (Lipinski definition) is 1. The van der Waals surface area contributed by atoms with Gasteiger partial charge in [-0.05, 0) is 19.4 Å². The van der Waals surface area contributed by atoms with Crippen molar-refractivity contribution >= 4 is 23.2 Å². The predicted molar refractivity (Wildman–Crippen MR) is 59.5 cm³/mol. The molecule has 0 unspecified atom stereocenters. The first-order chi connectivity index (χ1) is 5.84. The molecule has 1 aliphatic heterocycles. The van der Waals surface area contributed by atoms with Crippen LogP contribution in [-0.2, 0) is 0 Å². The summed E-state index contributed by atoms with van der Waals surface area (Å²) < 4.78 is -0.526. The topological polar surface area (TPSA) is 3.24 Å². The number of alkyl halides is 2. The average Bonchev–Trinajstić information content (AvgIpc) is 1.97. The average molecular weight is 224 g/mol. The van der Waals surface area contributed by atoms with Gasteiger partial charge in [0.25, 0.3) is 0 Å². The van der Waals surface area contributed by atoms with E-state index in [-0.39, 0.29) is 0 Å². The summed E-state index contributed by atoms with van der Waals surface area (Å²) in [6.45, 7) is 7.56. The first-order valence-electron chi connectivity index (χ1n) is 4.92. The smallest absolute Gasteiger partial charge is 0.123 e. The molecular weight excluding hydrogens is 205 g/mol. The summed E-state index contributed by atoms with van der Waals surface area (Å²) in [6.07, 6.45) is 0.880. The largest absolute Gasteiger partial charge is 0.303 e.